The van der Waals surface area contributed by atoms with Gasteiger partial charge >= 0.3 is 0 Å². The van der Waals surface area contributed by atoms with Gasteiger partial charge in [-0.15, -0.1) is 0 Å². The highest BCUT2D eigenvalue weighted by Crippen LogP contribution is 2.26. The Morgan fingerprint density at radius 3 is 2.65 bits per heavy atom. The van der Waals surface area contributed by atoms with Crippen molar-refractivity contribution in [3.8, 4) is 0 Å². The van der Waals surface area contributed by atoms with E-state index in [1.807, 2.05) is 0 Å². The van der Waals surface area contributed by atoms with E-state index in [0.29, 0.717) is 6.04 Å². The van der Waals surface area contributed by atoms with Crippen LogP contribution in [0.3, 0.4) is 0 Å². The first-order valence-electron chi connectivity index (χ1n) is 7.39. The first-order chi connectivity index (χ1) is 9.58. The van der Waals surface area contributed by atoms with Gasteiger partial charge in [-0.25, -0.2) is 0 Å². The lowest BCUT2D eigenvalue weighted by Gasteiger charge is -2.35. The molecule has 1 aromatic carbocycles. The van der Waals surface area contributed by atoms with E-state index in [2.05, 4.69) is 83.1 Å². The van der Waals surface area contributed by atoms with Gasteiger partial charge in [-0.05, 0) is 31.2 Å². The lowest BCUT2D eigenvalue weighted by Crippen LogP contribution is -2.41. The van der Waals surface area contributed by atoms with Gasteiger partial charge in [0.1, 0.15) is 0 Å². The van der Waals surface area contributed by atoms with Gasteiger partial charge in [-0.1, -0.05) is 41.9 Å². The zero-order valence-corrected chi connectivity index (χ0v) is 15.0. The van der Waals surface area contributed by atoms with Gasteiger partial charge in [-0.3, -0.25) is 0 Å². The fraction of sp³-hybridized carbons (Fsp3) is 0.625. The molecular weight excluding hydrogens is 332 g/mol. The van der Waals surface area contributed by atoms with Crippen LogP contribution < -0.4 is 5.32 Å². The van der Waals surface area contributed by atoms with Crippen LogP contribution in [0.4, 0.5) is 0 Å². The molecule has 1 N–H and O–H groups in total. The maximum absolute atomic E-state index is 3.56. The number of nitrogens with one attached hydrogen (secondary N) is 1. The van der Waals surface area contributed by atoms with Crippen molar-refractivity contribution >= 4 is 27.7 Å². The molecule has 20 heavy (non-hydrogen) atoms. The summed E-state index contributed by atoms with van der Waals surface area (Å²) in [4.78, 5) is 2.62. The number of thioether (sulfide) groups is 1. The van der Waals surface area contributed by atoms with E-state index in [-0.39, 0.29) is 0 Å². The van der Waals surface area contributed by atoms with Gasteiger partial charge in [0.05, 0.1) is 0 Å². The van der Waals surface area contributed by atoms with E-state index in [1.165, 1.54) is 25.2 Å². The van der Waals surface area contributed by atoms with Gasteiger partial charge in [-0.2, -0.15) is 11.8 Å². The van der Waals surface area contributed by atoms with Gasteiger partial charge < -0.3 is 10.2 Å². The Bertz CT molecular complexity index is 417. The van der Waals surface area contributed by atoms with Crippen molar-refractivity contribution in [3.05, 3.63) is 34.3 Å². The number of benzene rings is 1. The van der Waals surface area contributed by atoms with Crippen molar-refractivity contribution in [2.75, 3.05) is 26.7 Å². The summed E-state index contributed by atoms with van der Waals surface area (Å²) in [5, 5.41) is 4.98. The van der Waals surface area contributed by atoms with Gasteiger partial charge in [0.15, 0.2) is 0 Å². The maximum Gasteiger partial charge on any atom is 0.0330 e. The van der Waals surface area contributed by atoms with E-state index in [9.17, 15) is 0 Å². The summed E-state index contributed by atoms with van der Waals surface area (Å²) in [5.74, 6) is 0. The maximum atomic E-state index is 3.56. The predicted molar refractivity (Wildman–Crippen MR) is 93.5 cm³/mol. The standard InChI is InChI=1S/C16H25BrN2S/c1-12-10-19(11-13(2)20-12)8-7-16(18-3)14-5-4-6-15(17)9-14/h4-6,9,12-13,16,18H,7-8,10-11H2,1-3H3. The van der Waals surface area contributed by atoms with Crippen molar-refractivity contribution in [1.82, 2.24) is 10.2 Å². The highest BCUT2D eigenvalue weighted by Gasteiger charge is 2.22. The third-order valence-corrected chi connectivity index (χ3v) is 5.55. The minimum atomic E-state index is 0.438. The molecule has 1 heterocycles. The van der Waals surface area contributed by atoms with Gasteiger partial charge in [0.2, 0.25) is 0 Å². The van der Waals surface area contributed by atoms with Crippen LogP contribution in [0.25, 0.3) is 0 Å². The van der Waals surface area contributed by atoms with E-state index in [4.69, 9.17) is 0 Å². The number of nitrogens with zero attached hydrogens (tertiary/aromatic N) is 1. The van der Waals surface area contributed by atoms with E-state index < -0.39 is 0 Å². The molecule has 1 aromatic rings. The Morgan fingerprint density at radius 2 is 2.05 bits per heavy atom. The van der Waals surface area contributed by atoms with Crippen LogP contribution >= 0.6 is 27.7 Å². The molecule has 1 fully saturated rings. The Balaban J connectivity index is 1.90. The zero-order valence-electron chi connectivity index (χ0n) is 12.6. The second-order valence-electron chi connectivity index (χ2n) is 5.70. The van der Waals surface area contributed by atoms with Crippen LogP contribution in [0.5, 0.6) is 0 Å². The van der Waals surface area contributed by atoms with Crippen molar-refractivity contribution < 1.29 is 0 Å². The predicted octanol–water partition coefficient (Wildman–Crippen LogP) is 3.93. The quantitative estimate of drug-likeness (QED) is 0.860. The van der Waals surface area contributed by atoms with Crippen LogP contribution in [-0.2, 0) is 0 Å². The minimum Gasteiger partial charge on any atom is -0.313 e. The Hall–Kier alpha value is -0.0300. The molecule has 0 bridgehead atoms. The van der Waals surface area contributed by atoms with Gasteiger partial charge in [0, 0.05) is 40.6 Å². The summed E-state index contributed by atoms with van der Waals surface area (Å²) < 4.78 is 1.16. The number of rotatable bonds is 5. The molecule has 112 valence electrons. The Kier molecular flexibility index (Phi) is 6.40. The van der Waals surface area contributed by atoms with Crippen LogP contribution in [0.1, 0.15) is 31.9 Å². The highest BCUT2D eigenvalue weighted by atomic mass is 79.9. The molecule has 1 saturated heterocycles. The monoisotopic (exact) mass is 356 g/mol. The number of hydrogen-bond donors (Lipinski definition) is 1. The second kappa shape index (κ2) is 7.83. The lowest BCUT2D eigenvalue weighted by molar-refractivity contribution is 0.256. The summed E-state index contributed by atoms with van der Waals surface area (Å²) in [6, 6.07) is 9.07. The topological polar surface area (TPSA) is 15.3 Å². The molecule has 0 amide bonds. The lowest BCUT2D eigenvalue weighted by atomic mass is 10.0. The van der Waals surface area contributed by atoms with E-state index in [1.54, 1.807) is 0 Å². The smallest absolute Gasteiger partial charge is 0.0330 e. The SMILES string of the molecule is CNC(CCN1CC(C)SC(C)C1)c1cccc(Br)c1. The second-order valence-corrected chi connectivity index (χ2v) is 8.50. The fourth-order valence-electron chi connectivity index (χ4n) is 2.98. The zero-order chi connectivity index (χ0) is 14.5. The molecule has 0 spiro atoms. The summed E-state index contributed by atoms with van der Waals surface area (Å²) >= 11 is 5.68. The number of hydrogen-bond acceptors (Lipinski definition) is 3. The van der Waals surface area contributed by atoms with E-state index in [0.717, 1.165) is 21.4 Å². The Morgan fingerprint density at radius 1 is 1.35 bits per heavy atom. The molecule has 0 radical (unpaired) electrons. The minimum absolute atomic E-state index is 0.438. The summed E-state index contributed by atoms with van der Waals surface area (Å²) in [7, 11) is 2.06. The largest absolute Gasteiger partial charge is 0.313 e. The molecular formula is C16H25BrN2S. The summed E-state index contributed by atoms with van der Waals surface area (Å²) in [6.45, 7) is 8.31. The van der Waals surface area contributed by atoms with Gasteiger partial charge in [0.25, 0.3) is 0 Å². The summed E-state index contributed by atoms with van der Waals surface area (Å²) in [5.41, 5.74) is 1.37. The van der Waals surface area contributed by atoms with E-state index >= 15 is 0 Å². The third-order valence-electron chi connectivity index (χ3n) is 3.83. The van der Waals surface area contributed by atoms with Crippen LogP contribution in [0.2, 0.25) is 0 Å². The molecule has 3 unspecified atom stereocenters. The van der Waals surface area contributed by atoms with Crippen LogP contribution in [0.15, 0.2) is 28.7 Å². The summed E-state index contributed by atoms with van der Waals surface area (Å²) in [6.07, 6.45) is 1.16. The molecule has 0 aromatic heterocycles. The van der Waals surface area contributed by atoms with Crippen molar-refractivity contribution in [3.63, 3.8) is 0 Å². The average molecular weight is 357 g/mol. The highest BCUT2D eigenvalue weighted by molar-refractivity contribution is 9.10. The van der Waals surface area contributed by atoms with Crippen LogP contribution in [-0.4, -0.2) is 42.1 Å². The molecule has 1 aliphatic heterocycles. The number of halogens is 1. The van der Waals surface area contributed by atoms with Crippen molar-refractivity contribution in [1.29, 1.82) is 0 Å². The molecule has 4 heteroatoms. The molecule has 0 aliphatic carbocycles. The fourth-order valence-corrected chi connectivity index (χ4v) is 4.78. The molecule has 2 rings (SSSR count). The normalized spacial score (nSPS) is 25.6. The molecule has 0 saturated carbocycles. The first kappa shape index (κ1) is 16.3. The molecule has 1 aliphatic rings. The van der Waals surface area contributed by atoms with Crippen molar-refractivity contribution in [2.24, 2.45) is 0 Å². The third kappa shape index (κ3) is 4.76. The molecule has 3 atom stereocenters. The van der Waals surface area contributed by atoms with Crippen LogP contribution in [0, 0.1) is 0 Å². The molecule has 2 nitrogen and oxygen atoms in total. The average Bonchev–Trinajstić information content (AvgIpc) is 2.38. The Labute approximate surface area is 135 Å². The van der Waals surface area contributed by atoms with Crippen molar-refractivity contribution in [2.45, 2.75) is 36.8 Å². The first-order valence-corrected chi connectivity index (χ1v) is 9.12.